The summed E-state index contributed by atoms with van der Waals surface area (Å²) in [7, 11) is 0. The van der Waals surface area contributed by atoms with Gasteiger partial charge in [0.15, 0.2) is 11.0 Å². The van der Waals surface area contributed by atoms with Crippen molar-refractivity contribution in [1.29, 1.82) is 0 Å². The van der Waals surface area contributed by atoms with E-state index >= 15 is 0 Å². The Labute approximate surface area is 209 Å². The lowest BCUT2D eigenvalue weighted by atomic mass is 10.0. The molecule has 0 aliphatic carbocycles. The van der Waals surface area contributed by atoms with E-state index in [1.54, 1.807) is 12.1 Å². The molecule has 0 aliphatic heterocycles. The summed E-state index contributed by atoms with van der Waals surface area (Å²) >= 11 is 7.42. The molecule has 7 nitrogen and oxygen atoms in total. The van der Waals surface area contributed by atoms with Crippen LogP contribution in [-0.2, 0) is 22.7 Å². The molecule has 1 aromatic heterocycles. The van der Waals surface area contributed by atoms with Crippen molar-refractivity contribution >= 4 is 46.9 Å². The smallest absolute Gasteiger partial charge is 0.244 e. The molecule has 34 heavy (non-hydrogen) atoms. The highest BCUT2D eigenvalue weighted by Gasteiger charge is 2.15. The van der Waals surface area contributed by atoms with Crippen LogP contribution in [0.25, 0.3) is 6.08 Å². The van der Waals surface area contributed by atoms with Gasteiger partial charge in [0.2, 0.25) is 11.8 Å². The summed E-state index contributed by atoms with van der Waals surface area (Å²) in [5.74, 6) is 0.767. The van der Waals surface area contributed by atoms with Gasteiger partial charge in [-0.1, -0.05) is 73.6 Å². The van der Waals surface area contributed by atoms with Crippen molar-refractivity contribution in [2.45, 2.75) is 44.9 Å². The van der Waals surface area contributed by atoms with Crippen molar-refractivity contribution in [3.05, 3.63) is 76.6 Å². The van der Waals surface area contributed by atoms with Gasteiger partial charge in [-0.2, -0.15) is 0 Å². The summed E-state index contributed by atoms with van der Waals surface area (Å²) in [5, 5.41) is 15.4. The summed E-state index contributed by atoms with van der Waals surface area (Å²) in [6.07, 6.45) is 3.10. The number of carbonyl (C=O) groups is 2. The number of hydrogen-bond donors (Lipinski definition) is 2. The van der Waals surface area contributed by atoms with Crippen LogP contribution >= 0.6 is 23.4 Å². The summed E-state index contributed by atoms with van der Waals surface area (Å²) in [6.45, 7) is 7.00. The Balaban J connectivity index is 1.55. The maximum atomic E-state index is 12.5. The largest absolute Gasteiger partial charge is 0.345 e. The standard InChI is InChI=1S/C25H28ClN5O2S/c1-4-31-22(15-27-23(32)14-13-18-9-5-7-11-20(18)26)29-30-25(31)34-16-24(33)28-21-12-8-6-10-19(21)17(2)3/h5-14,17H,4,15-16H2,1-3H3,(H,27,32)(H,28,33)/b14-13+. The maximum absolute atomic E-state index is 12.5. The number of benzene rings is 2. The van der Waals surface area contributed by atoms with Crippen molar-refractivity contribution < 1.29 is 9.59 Å². The van der Waals surface area contributed by atoms with Gasteiger partial charge in [0, 0.05) is 23.3 Å². The number of rotatable bonds is 10. The van der Waals surface area contributed by atoms with Gasteiger partial charge in [-0.15, -0.1) is 10.2 Å². The molecule has 0 fully saturated rings. The second-order valence-electron chi connectivity index (χ2n) is 7.79. The topological polar surface area (TPSA) is 88.9 Å². The van der Waals surface area contributed by atoms with E-state index in [4.69, 9.17) is 11.6 Å². The fourth-order valence-corrected chi connectivity index (χ4v) is 4.33. The monoisotopic (exact) mass is 497 g/mol. The summed E-state index contributed by atoms with van der Waals surface area (Å²) in [4.78, 5) is 24.7. The van der Waals surface area contributed by atoms with E-state index in [9.17, 15) is 9.59 Å². The number of nitrogens with zero attached hydrogens (tertiary/aromatic N) is 3. The molecule has 1 heterocycles. The molecule has 3 aromatic rings. The predicted molar refractivity (Wildman–Crippen MR) is 138 cm³/mol. The van der Waals surface area contributed by atoms with E-state index in [2.05, 4.69) is 34.7 Å². The second-order valence-corrected chi connectivity index (χ2v) is 9.14. The number of aromatic nitrogens is 3. The third-order valence-electron chi connectivity index (χ3n) is 5.04. The Kier molecular flexibility index (Phi) is 9.30. The molecule has 0 saturated carbocycles. The average Bonchev–Trinajstić information content (AvgIpc) is 3.23. The molecule has 9 heteroatoms. The lowest BCUT2D eigenvalue weighted by Gasteiger charge is -2.13. The molecular weight excluding hydrogens is 470 g/mol. The number of amides is 2. The molecule has 2 aromatic carbocycles. The van der Waals surface area contributed by atoms with Crippen molar-refractivity contribution in [2.75, 3.05) is 11.1 Å². The minimum atomic E-state index is -0.261. The first-order valence-corrected chi connectivity index (χ1v) is 12.4. The Morgan fingerprint density at radius 1 is 1.12 bits per heavy atom. The zero-order valence-corrected chi connectivity index (χ0v) is 21.0. The molecular formula is C25H28ClN5O2S. The van der Waals surface area contributed by atoms with Crippen molar-refractivity contribution in [1.82, 2.24) is 20.1 Å². The van der Waals surface area contributed by atoms with Gasteiger partial charge in [0.05, 0.1) is 12.3 Å². The van der Waals surface area contributed by atoms with Crippen LogP contribution in [-0.4, -0.2) is 32.3 Å². The van der Waals surface area contributed by atoms with Gasteiger partial charge in [-0.3, -0.25) is 9.59 Å². The Hall–Kier alpha value is -3.10. The first kappa shape index (κ1) is 25.5. The number of carbonyl (C=O) groups excluding carboxylic acids is 2. The van der Waals surface area contributed by atoms with Crippen LogP contribution in [0.1, 0.15) is 43.6 Å². The van der Waals surface area contributed by atoms with Gasteiger partial charge in [0.1, 0.15) is 0 Å². The molecule has 0 bridgehead atoms. The highest BCUT2D eigenvalue weighted by Crippen LogP contribution is 2.24. The zero-order valence-electron chi connectivity index (χ0n) is 19.4. The lowest BCUT2D eigenvalue weighted by molar-refractivity contribution is -0.116. The Morgan fingerprint density at radius 3 is 2.59 bits per heavy atom. The van der Waals surface area contributed by atoms with Crippen LogP contribution in [0.2, 0.25) is 5.02 Å². The third-order valence-corrected chi connectivity index (χ3v) is 6.35. The predicted octanol–water partition coefficient (Wildman–Crippen LogP) is 5.14. The summed E-state index contributed by atoms with van der Waals surface area (Å²) in [5.41, 5.74) is 2.69. The normalized spacial score (nSPS) is 11.2. The quantitative estimate of drug-likeness (QED) is 0.299. The molecule has 0 spiro atoms. The minimum absolute atomic E-state index is 0.108. The summed E-state index contributed by atoms with van der Waals surface area (Å²) < 4.78 is 1.89. The summed E-state index contributed by atoms with van der Waals surface area (Å²) in [6, 6.07) is 15.1. The van der Waals surface area contributed by atoms with Gasteiger partial charge in [0.25, 0.3) is 0 Å². The van der Waals surface area contributed by atoms with E-state index in [0.29, 0.717) is 28.5 Å². The number of nitrogens with one attached hydrogen (secondary N) is 2. The molecule has 0 unspecified atom stereocenters. The minimum Gasteiger partial charge on any atom is -0.345 e. The van der Waals surface area contributed by atoms with E-state index in [-0.39, 0.29) is 24.1 Å². The first-order chi connectivity index (χ1) is 16.4. The van der Waals surface area contributed by atoms with Crippen LogP contribution in [0, 0.1) is 0 Å². The fourth-order valence-electron chi connectivity index (χ4n) is 3.31. The van der Waals surface area contributed by atoms with Crippen molar-refractivity contribution in [3.63, 3.8) is 0 Å². The fraction of sp³-hybridized carbons (Fsp3) is 0.280. The highest BCUT2D eigenvalue weighted by atomic mass is 35.5. The van der Waals surface area contributed by atoms with Crippen molar-refractivity contribution in [2.24, 2.45) is 0 Å². The molecule has 2 N–H and O–H groups in total. The van der Waals surface area contributed by atoms with Crippen molar-refractivity contribution in [3.8, 4) is 0 Å². The van der Waals surface area contributed by atoms with Crippen LogP contribution < -0.4 is 10.6 Å². The number of thioether (sulfide) groups is 1. The third kappa shape index (κ3) is 6.95. The molecule has 0 saturated heterocycles. The van der Waals surface area contributed by atoms with Gasteiger partial charge in [-0.25, -0.2) is 0 Å². The number of para-hydroxylation sites is 1. The number of anilines is 1. The average molecular weight is 498 g/mol. The second kappa shape index (κ2) is 12.4. The van der Waals surface area contributed by atoms with E-state index in [1.807, 2.05) is 54.0 Å². The van der Waals surface area contributed by atoms with E-state index < -0.39 is 0 Å². The Morgan fingerprint density at radius 2 is 1.85 bits per heavy atom. The highest BCUT2D eigenvalue weighted by molar-refractivity contribution is 7.99. The number of hydrogen-bond acceptors (Lipinski definition) is 5. The van der Waals surface area contributed by atoms with Crippen LogP contribution in [0.5, 0.6) is 0 Å². The molecule has 0 radical (unpaired) electrons. The van der Waals surface area contributed by atoms with Gasteiger partial charge in [-0.05, 0) is 42.2 Å². The van der Waals surface area contributed by atoms with Gasteiger partial charge < -0.3 is 15.2 Å². The van der Waals surface area contributed by atoms with Crippen LogP contribution in [0.15, 0.2) is 59.8 Å². The van der Waals surface area contributed by atoms with Gasteiger partial charge >= 0.3 is 0 Å². The zero-order chi connectivity index (χ0) is 24.5. The first-order valence-electron chi connectivity index (χ1n) is 11.0. The molecule has 178 valence electrons. The van der Waals surface area contributed by atoms with Crippen LogP contribution in [0.4, 0.5) is 5.69 Å². The molecule has 2 amide bonds. The number of halogens is 1. The van der Waals surface area contributed by atoms with Crippen LogP contribution in [0.3, 0.4) is 0 Å². The molecule has 0 aliphatic rings. The molecule has 3 rings (SSSR count). The lowest BCUT2D eigenvalue weighted by Crippen LogP contribution is -2.22. The van der Waals surface area contributed by atoms with E-state index in [0.717, 1.165) is 16.8 Å². The SMILES string of the molecule is CCn1c(CNC(=O)/C=C/c2ccccc2Cl)nnc1SCC(=O)Nc1ccccc1C(C)C. The Bertz CT molecular complexity index is 1180. The van der Waals surface area contributed by atoms with E-state index in [1.165, 1.54) is 17.8 Å². The molecule has 0 atom stereocenters. The maximum Gasteiger partial charge on any atom is 0.244 e.